The fourth-order valence-corrected chi connectivity index (χ4v) is 4.33. The minimum absolute atomic E-state index is 0.500. The number of benzene rings is 2. The average molecular weight is 530 g/mol. The van der Waals surface area contributed by atoms with Crippen LogP contribution in [0.1, 0.15) is 6.92 Å². The molecule has 12 heteroatoms. The Morgan fingerprint density at radius 2 is 2.00 bits per heavy atom. The predicted molar refractivity (Wildman–Crippen MR) is 142 cm³/mol. The number of aldehydes is 1. The van der Waals surface area contributed by atoms with Crippen molar-refractivity contribution in [1.29, 1.82) is 0 Å². The van der Waals surface area contributed by atoms with Crippen LogP contribution >= 0.6 is 22.9 Å². The molecule has 0 spiro atoms. The summed E-state index contributed by atoms with van der Waals surface area (Å²) in [6.45, 7) is 2.81. The third-order valence-electron chi connectivity index (χ3n) is 4.84. The molecule has 36 heavy (non-hydrogen) atoms. The van der Waals surface area contributed by atoms with Crippen LogP contribution < -0.4 is 5.32 Å². The van der Waals surface area contributed by atoms with E-state index >= 15 is 0 Å². The van der Waals surface area contributed by atoms with E-state index in [2.05, 4.69) is 41.3 Å². The summed E-state index contributed by atoms with van der Waals surface area (Å²) in [7, 11) is 2.19. The maximum Gasteiger partial charge on any atom is 0.210 e. The molecule has 0 saturated carbocycles. The number of hydrogen-bond donors (Lipinski definition) is 2. The maximum absolute atomic E-state index is 9.50. The highest BCUT2D eigenvalue weighted by Gasteiger charge is 2.13. The van der Waals surface area contributed by atoms with Gasteiger partial charge in [0, 0.05) is 42.6 Å². The summed E-state index contributed by atoms with van der Waals surface area (Å²) in [5.74, 6) is 0.891. The first-order valence-corrected chi connectivity index (χ1v) is 11.9. The zero-order chi connectivity index (χ0) is 25.9. The number of hydrogen-bond acceptors (Lipinski definition) is 8. The Labute approximate surface area is 216 Å². The lowest BCUT2D eigenvalue weighted by molar-refractivity contribution is -0.106. The number of carbonyl (C=O) groups excluding carboxylic acids is 1. The van der Waals surface area contributed by atoms with Crippen molar-refractivity contribution in [2.75, 3.05) is 26.2 Å². The van der Waals surface area contributed by atoms with Gasteiger partial charge in [0.2, 0.25) is 5.13 Å². The Bertz CT molecular complexity index is 1400. The van der Waals surface area contributed by atoms with Gasteiger partial charge in [-0.1, -0.05) is 41.1 Å². The van der Waals surface area contributed by atoms with Gasteiger partial charge >= 0.3 is 0 Å². The largest absolute Gasteiger partial charge is 0.383 e. The number of ether oxygens (including phenoxy) is 1. The van der Waals surface area contributed by atoms with Crippen LogP contribution in [0.4, 0.5) is 15.2 Å². The number of rotatable bonds is 7. The highest BCUT2D eigenvalue weighted by atomic mass is 35.5. The van der Waals surface area contributed by atoms with Crippen LogP contribution in [0.15, 0.2) is 55.0 Å². The lowest BCUT2D eigenvalue weighted by atomic mass is 10.1. The molecule has 0 aliphatic heterocycles. The summed E-state index contributed by atoms with van der Waals surface area (Å²) in [6, 6.07) is 11.9. The molecule has 3 heterocycles. The van der Waals surface area contributed by atoms with Gasteiger partial charge in [0.15, 0.2) is 0 Å². The van der Waals surface area contributed by atoms with Crippen molar-refractivity contribution in [1.82, 2.24) is 29.9 Å². The van der Waals surface area contributed by atoms with Crippen molar-refractivity contribution < 1.29 is 13.9 Å². The number of methoxy groups -OCH3 is 1. The number of halogens is 2. The Hall–Kier alpha value is -3.67. The van der Waals surface area contributed by atoms with Crippen LogP contribution in [-0.4, -0.2) is 57.1 Å². The van der Waals surface area contributed by atoms with E-state index in [-0.39, 0.29) is 0 Å². The minimum atomic E-state index is 0.500. The van der Waals surface area contributed by atoms with Gasteiger partial charge in [-0.25, -0.2) is 4.98 Å². The minimum Gasteiger partial charge on any atom is -0.383 e. The molecule has 0 aliphatic carbocycles. The molecule has 2 N–H and O–H groups in total. The number of nitrogens with zero attached hydrogens (tertiary/aromatic N) is 5. The summed E-state index contributed by atoms with van der Waals surface area (Å²) < 4.78 is 16.8. The van der Waals surface area contributed by atoms with Gasteiger partial charge in [-0.05, 0) is 25.1 Å². The van der Waals surface area contributed by atoms with Gasteiger partial charge in [0.1, 0.15) is 17.1 Å². The first-order valence-electron chi connectivity index (χ1n) is 10.7. The molecule has 0 radical (unpaired) electrons. The molecule has 0 saturated heterocycles. The van der Waals surface area contributed by atoms with Gasteiger partial charge in [-0.3, -0.25) is 9.49 Å². The molecule has 9 nitrogen and oxygen atoms in total. The molecular formula is C24H25ClFN7O2S. The predicted octanol–water partition coefficient (Wildman–Crippen LogP) is 5.78. The second-order valence-electron chi connectivity index (χ2n) is 7.05. The van der Waals surface area contributed by atoms with Crippen LogP contribution in [0.2, 0.25) is 5.02 Å². The van der Waals surface area contributed by atoms with Gasteiger partial charge in [0.25, 0.3) is 0 Å². The third-order valence-corrected chi connectivity index (χ3v) is 6.14. The molecular weight excluding hydrogens is 505 g/mol. The molecule has 0 aliphatic rings. The van der Waals surface area contributed by atoms with Crippen molar-refractivity contribution in [3.63, 3.8) is 0 Å². The van der Waals surface area contributed by atoms with Crippen LogP contribution in [0.25, 0.3) is 32.9 Å². The molecule has 5 rings (SSSR count). The Kier molecular flexibility index (Phi) is 10.0. The highest BCUT2D eigenvalue weighted by molar-refractivity contribution is 7.18. The van der Waals surface area contributed by atoms with E-state index in [1.54, 1.807) is 19.5 Å². The number of carbonyl (C=O) groups is 1. The highest BCUT2D eigenvalue weighted by Crippen LogP contribution is 2.35. The number of fused-ring (bicyclic) bond motifs is 1. The van der Waals surface area contributed by atoms with Crippen LogP contribution in [-0.2, 0) is 16.1 Å². The van der Waals surface area contributed by atoms with E-state index in [0.717, 1.165) is 51.4 Å². The fourth-order valence-electron chi connectivity index (χ4n) is 3.32. The third kappa shape index (κ3) is 6.30. The van der Waals surface area contributed by atoms with Gasteiger partial charge < -0.3 is 19.4 Å². The molecule has 0 fully saturated rings. The first kappa shape index (κ1) is 26.9. The Morgan fingerprint density at radius 3 is 2.78 bits per heavy atom. The SMILES string of the molecule is CC=O.CF.COCCn1ccnc1-c1cccc(-c2nnc(Nc3ccc4[nH]ncc4c3Cl)s2)c1. The number of H-pyrrole nitrogens is 1. The number of alkyl halides is 1. The maximum atomic E-state index is 9.50. The zero-order valence-corrected chi connectivity index (χ0v) is 21.5. The normalized spacial score (nSPS) is 10.2. The number of nitrogens with one attached hydrogen (secondary N) is 2. The Balaban J connectivity index is 0.000000674. The molecule has 0 amide bonds. The lowest BCUT2D eigenvalue weighted by Gasteiger charge is -2.08. The van der Waals surface area contributed by atoms with E-state index < -0.39 is 0 Å². The number of aromatic amines is 1. The van der Waals surface area contributed by atoms with Crippen molar-refractivity contribution in [3.8, 4) is 22.0 Å². The van der Waals surface area contributed by atoms with Crippen LogP contribution in [0.5, 0.6) is 0 Å². The smallest absolute Gasteiger partial charge is 0.210 e. The fraction of sp³-hybridized carbons (Fsp3) is 0.208. The molecule has 3 aromatic heterocycles. The van der Waals surface area contributed by atoms with Crippen molar-refractivity contribution in [3.05, 3.63) is 60.0 Å². The van der Waals surface area contributed by atoms with E-state index in [0.29, 0.717) is 23.9 Å². The van der Waals surface area contributed by atoms with Crippen molar-refractivity contribution in [2.24, 2.45) is 0 Å². The van der Waals surface area contributed by atoms with Crippen molar-refractivity contribution >= 4 is 50.9 Å². The summed E-state index contributed by atoms with van der Waals surface area (Å²) in [4.78, 5) is 13.3. The standard InChI is InChI=1S/C21H18ClN7OS.C2H4O.CH3F/c1-30-10-9-29-8-7-23-19(29)13-3-2-4-14(11-13)20-27-28-21(31-20)25-17-6-5-16-15(18(17)22)12-24-26-16;1-2-3;1-2/h2-8,11-12H,9-10H2,1H3,(H,24,26)(H,25,28);2H,1H3;1H3. The number of anilines is 2. The molecule has 2 aromatic carbocycles. The van der Waals surface area contributed by atoms with E-state index in [1.165, 1.54) is 18.3 Å². The molecule has 0 atom stereocenters. The number of aromatic nitrogens is 6. The van der Waals surface area contributed by atoms with Gasteiger partial charge in [-0.2, -0.15) is 5.10 Å². The second-order valence-corrected chi connectivity index (χ2v) is 8.40. The lowest BCUT2D eigenvalue weighted by Crippen LogP contribution is -2.04. The molecule has 0 unspecified atom stereocenters. The average Bonchev–Trinajstić information content (AvgIpc) is 3.67. The summed E-state index contributed by atoms with van der Waals surface area (Å²) >= 11 is 7.96. The molecule has 0 bridgehead atoms. The molecule has 188 valence electrons. The first-order chi connectivity index (χ1) is 17.6. The second kappa shape index (κ2) is 13.4. The zero-order valence-electron chi connectivity index (χ0n) is 19.9. The van der Waals surface area contributed by atoms with Crippen molar-refractivity contribution in [2.45, 2.75) is 13.5 Å². The van der Waals surface area contributed by atoms with Gasteiger partial charge in [0.05, 0.1) is 36.2 Å². The number of imidazole rings is 1. The quantitative estimate of drug-likeness (QED) is 0.257. The summed E-state index contributed by atoms with van der Waals surface area (Å²) in [5.41, 5.74) is 3.62. The van der Waals surface area contributed by atoms with E-state index in [4.69, 9.17) is 21.1 Å². The van der Waals surface area contributed by atoms with Gasteiger partial charge in [-0.15, -0.1) is 10.2 Å². The monoisotopic (exact) mass is 529 g/mol. The Morgan fingerprint density at radius 1 is 1.22 bits per heavy atom. The summed E-state index contributed by atoms with van der Waals surface area (Å²) in [5, 5.41) is 21.7. The topological polar surface area (TPSA) is 111 Å². The van der Waals surface area contributed by atoms with E-state index in [9.17, 15) is 4.39 Å². The van der Waals surface area contributed by atoms with E-state index in [1.807, 2.05) is 36.5 Å². The van der Waals surface area contributed by atoms with Crippen LogP contribution in [0, 0.1) is 0 Å². The molecule has 5 aromatic rings. The van der Waals surface area contributed by atoms with Crippen LogP contribution in [0.3, 0.4) is 0 Å². The summed E-state index contributed by atoms with van der Waals surface area (Å²) in [6.07, 6.45) is 6.20.